The first-order valence-corrected chi connectivity index (χ1v) is 8.74. The van der Waals surface area contributed by atoms with E-state index in [0.29, 0.717) is 19.5 Å². The molecule has 0 aliphatic carbocycles. The van der Waals surface area contributed by atoms with Gasteiger partial charge in [-0.1, -0.05) is 20.8 Å². The minimum Gasteiger partial charge on any atom is -0.387 e. The topological polar surface area (TPSA) is 47.0 Å². The molecule has 1 N–H and O–H groups in total. The predicted molar refractivity (Wildman–Crippen MR) is 88.7 cm³/mol. The van der Waals surface area contributed by atoms with Crippen molar-refractivity contribution in [1.82, 2.24) is 14.7 Å². The summed E-state index contributed by atoms with van der Waals surface area (Å²) >= 11 is 0. The molecular weight excluding hydrogens is 278 g/mol. The Morgan fingerprint density at radius 3 is 2.64 bits per heavy atom. The Hall–Kier alpha value is -0.650. The molecule has 0 aromatic heterocycles. The van der Waals surface area contributed by atoms with E-state index in [1.54, 1.807) is 0 Å². The number of aliphatic hydroxyl groups is 1. The summed E-state index contributed by atoms with van der Waals surface area (Å²) in [5, 5.41) is 10.7. The Labute approximate surface area is 135 Å². The van der Waals surface area contributed by atoms with Crippen molar-refractivity contribution in [1.29, 1.82) is 0 Å². The second kappa shape index (κ2) is 7.28. The van der Waals surface area contributed by atoms with Gasteiger partial charge in [-0.2, -0.15) is 0 Å². The summed E-state index contributed by atoms with van der Waals surface area (Å²) in [6, 6.07) is 0. The fourth-order valence-corrected chi connectivity index (χ4v) is 3.69. The van der Waals surface area contributed by atoms with Crippen LogP contribution in [-0.2, 0) is 4.79 Å². The maximum atomic E-state index is 12.5. The summed E-state index contributed by atoms with van der Waals surface area (Å²) in [7, 11) is 2.16. The number of amides is 1. The molecular formula is C17H33N3O2. The molecule has 5 heteroatoms. The third-order valence-electron chi connectivity index (χ3n) is 5.60. The van der Waals surface area contributed by atoms with Crippen molar-refractivity contribution in [3.8, 4) is 0 Å². The van der Waals surface area contributed by atoms with Crippen LogP contribution in [0.3, 0.4) is 0 Å². The summed E-state index contributed by atoms with van der Waals surface area (Å²) < 4.78 is 0. The first-order valence-electron chi connectivity index (χ1n) is 8.74. The van der Waals surface area contributed by atoms with Crippen molar-refractivity contribution in [3.05, 3.63) is 0 Å². The SMILES string of the molecule is CC(C)[C@]1(O)CN(C(=O)CCN2CCCN(C)CC2)C[C@H]1C. The summed E-state index contributed by atoms with van der Waals surface area (Å²) in [5.74, 6) is 0.533. The molecule has 0 aromatic carbocycles. The Balaban J connectivity index is 1.81. The van der Waals surface area contributed by atoms with Crippen LogP contribution in [0.5, 0.6) is 0 Å². The van der Waals surface area contributed by atoms with Gasteiger partial charge >= 0.3 is 0 Å². The number of hydrogen-bond donors (Lipinski definition) is 1. The van der Waals surface area contributed by atoms with Gasteiger partial charge in [-0.3, -0.25) is 4.79 Å². The minimum atomic E-state index is -0.721. The lowest BCUT2D eigenvalue weighted by Crippen LogP contribution is -2.43. The van der Waals surface area contributed by atoms with Gasteiger partial charge in [-0.25, -0.2) is 0 Å². The molecule has 2 heterocycles. The van der Waals surface area contributed by atoms with E-state index >= 15 is 0 Å². The Kier molecular flexibility index (Phi) is 5.86. The van der Waals surface area contributed by atoms with Gasteiger partial charge in [-0.15, -0.1) is 0 Å². The van der Waals surface area contributed by atoms with Crippen LogP contribution < -0.4 is 0 Å². The number of nitrogens with zero attached hydrogens (tertiary/aromatic N) is 3. The number of rotatable bonds is 4. The van der Waals surface area contributed by atoms with Crippen LogP contribution in [0.2, 0.25) is 0 Å². The smallest absolute Gasteiger partial charge is 0.223 e. The van der Waals surface area contributed by atoms with Crippen molar-refractivity contribution in [3.63, 3.8) is 0 Å². The summed E-state index contributed by atoms with van der Waals surface area (Å²) in [5.41, 5.74) is -0.721. The number of β-amino-alcohol motifs (C(OH)–C–C–N with tert-alkyl or cyclic N) is 1. The molecule has 2 aliphatic rings. The van der Waals surface area contributed by atoms with Gasteiger partial charge in [0, 0.05) is 45.1 Å². The summed E-state index contributed by atoms with van der Waals surface area (Å²) in [6.45, 7) is 12.5. The Morgan fingerprint density at radius 1 is 1.27 bits per heavy atom. The normalized spacial score (nSPS) is 31.7. The molecule has 2 fully saturated rings. The van der Waals surface area contributed by atoms with Crippen LogP contribution in [0.4, 0.5) is 0 Å². The summed E-state index contributed by atoms with van der Waals surface area (Å²) in [6.07, 6.45) is 1.75. The van der Waals surface area contributed by atoms with Crippen molar-refractivity contribution in [2.75, 3.05) is 52.9 Å². The van der Waals surface area contributed by atoms with Crippen LogP contribution in [0.25, 0.3) is 0 Å². The zero-order chi connectivity index (χ0) is 16.3. The molecule has 2 rings (SSSR count). The van der Waals surface area contributed by atoms with E-state index in [0.717, 1.165) is 32.7 Å². The number of carbonyl (C=O) groups is 1. The number of hydrogen-bond acceptors (Lipinski definition) is 4. The Morgan fingerprint density at radius 2 is 2.00 bits per heavy atom. The molecule has 1 amide bonds. The van der Waals surface area contributed by atoms with E-state index in [-0.39, 0.29) is 17.7 Å². The zero-order valence-corrected chi connectivity index (χ0v) is 14.7. The molecule has 5 nitrogen and oxygen atoms in total. The van der Waals surface area contributed by atoms with Crippen molar-refractivity contribution in [2.24, 2.45) is 11.8 Å². The van der Waals surface area contributed by atoms with Gasteiger partial charge in [0.25, 0.3) is 0 Å². The molecule has 2 saturated heterocycles. The van der Waals surface area contributed by atoms with Crippen LogP contribution >= 0.6 is 0 Å². The monoisotopic (exact) mass is 311 g/mol. The van der Waals surface area contributed by atoms with Gasteiger partial charge in [-0.05, 0) is 32.5 Å². The minimum absolute atomic E-state index is 0.156. The number of likely N-dealkylation sites (tertiary alicyclic amines) is 1. The lowest BCUT2D eigenvalue weighted by molar-refractivity contribution is -0.131. The summed E-state index contributed by atoms with van der Waals surface area (Å²) in [4.78, 5) is 19.1. The third-order valence-corrected chi connectivity index (χ3v) is 5.60. The fourth-order valence-electron chi connectivity index (χ4n) is 3.69. The maximum absolute atomic E-state index is 12.5. The molecule has 0 radical (unpaired) electrons. The van der Waals surface area contributed by atoms with Gasteiger partial charge in [0.2, 0.25) is 5.91 Å². The highest BCUT2D eigenvalue weighted by atomic mass is 16.3. The van der Waals surface area contributed by atoms with Gasteiger partial charge < -0.3 is 19.8 Å². The highest BCUT2D eigenvalue weighted by Gasteiger charge is 2.46. The average Bonchev–Trinajstić information content (AvgIpc) is 2.64. The zero-order valence-electron chi connectivity index (χ0n) is 14.7. The maximum Gasteiger partial charge on any atom is 0.223 e. The molecule has 0 unspecified atom stereocenters. The van der Waals surface area contributed by atoms with Crippen molar-refractivity contribution < 1.29 is 9.90 Å². The van der Waals surface area contributed by atoms with Crippen LogP contribution in [-0.4, -0.2) is 84.2 Å². The number of carbonyl (C=O) groups excluding carboxylic acids is 1. The first kappa shape index (κ1) is 17.7. The van der Waals surface area contributed by atoms with E-state index in [1.807, 2.05) is 18.7 Å². The second-order valence-electron chi connectivity index (χ2n) is 7.57. The van der Waals surface area contributed by atoms with Gasteiger partial charge in [0.05, 0.1) is 5.60 Å². The van der Waals surface area contributed by atoms with Crippen LogP contribution in [0, 0.1) is 11.8 Å². The lowest BCUT2D eigenvalue weighted by Gasteiger charge is -2.31. The lowest BCUT2D eigenvalue weighted by atomic mass is 9.82. The Bertz CT molecular complexity index is 388. The highest BCUT2D eigenvalue weighted by molar-refractivity contribution is 5.77. The molecule has 0 spiro atoms. The van der Waals surface area contributed by atoms with E-state index in [1.165, 1.54) is 6.42 Å². The molecule has 0 saturated carbocycles. The number of likely N-dealkylation sites (N-methyl/N-ethyl adjacent to an activating group) is 1. The molecule has 2 aliphatic heterocycles. The van der Waals surface area contributed by atoms with Crippen molar-refractivity contribution >= 4 is 5.91 Å². The van der Waals surface area contributed by atoms with E-state index < -0.39 is 5.60 Å². The van der Waals surface area contributed by atoms with Gasteiger partial charge in [0.1, 0.15) is 0 Å². The molecule has 0 aromatic rings. The van der Waals surface area contributed by atoms with Crippen molar-refractivity contribution in [2.45, 2.75) is 39.2 Å². The standard InChI is InChI=1S/C17H33N3O2/c1-14(2)17(22)13-20(12-15(17)3)16(21)6-9-19-8-5-7-18(4)10-11-19/h14-15,22H,5-13H2,1-4H3/t15-,17-/m1/s1. The highest BCUT2D eigenvalue weighted by Crippen LogP contribution is 2.34. The molecule has 22 heavy (non-hydrogen) atoms. The largest absolute Gasteiger partial charge is 0.387 e. The fraction of sp³-hybridized carbons (Fsp3) is 0.941. The van der Waals surface area contributed by atoms with E-state index in [4.69, 9.17) is 0 Å². The molecule has 0 bridgehead atoms. The molecule has 128 valence electrons. The van der Waals surface area contributed by atoms with Crippen LogP contribution in [0.15, 0.2) is 0 Å². The van der Waals surface area contributed by atoms with E-state index in [9.17, 15) is 9.90 Å². The third kappa shape index (κ3) is 4.00. The first-order chi connectivity index (χ1) is 10.3. The average molecular weight is 311 g/mol. The van der Waals surface area contributed by atoms with E-state index in [2.05, 4.69) is 23.8 Å². The quantitative estimate of drug-likeness (QED) is 0.837. The van der Waals surface area contributed by atoms with Crippen LogP contribution in [0.1, 0.15) is 33.6 Å². The van der Waals surface area contributed by atoms with Gasteiger partial charge in [0.15, 0.2) is 0 Å². The molecule has 2 atom stereocenters. The second-order valence-corrected chi connectivity index (χ2v) is 7.57. The predicted octanol–water partition coefficient (Wildman–Crippen LogP) is 0.879.